The number of hydrogen-bond acceptors (Lipinski definition) is 6. The Hall–Kier alpha value is -3.52. The van der Waals surface area contributed by atoms with Crippen molar-refractivity contribution in [2.24, 2.45) is 0 Å². The second-order valence-electron chi connectivity index (χ2n) is 5.95. The third-order valence-electron chi connectivity index (χ3n) is 3.97. The van der Waals surface area contributed by atoms with Crippen LogP contribution in [0.2, 0.25) is 0 Å². The van der Waals surface area contributed by atoms with Crippen molar-refractivity contribution in [3.63, 3.8) is 0 Å². The minimum Gasteiger partial charge on any atom is -0.494 e. The van der Waals surface area contributed by atoms with Crippen LogP contribution in [-0.4, -0.2) is 24.5 Å². The van der Waals surface area contributed by atoms with Gasteiger partial charge in [0.25, 0.3) is 5.69 Å². The van der Waals surface area contributed by atoms with Gasteiger partial charge in [-0.05, 0) is 30.3 Å². The summed E-state index contributed by atoms with van der Waals surface area (Å²) in [5.74, 6) is -0.0655. The highest BCUT2D eigenvalue weighted by molar-refractivity contribution is 7.99. The first kappa shape index (κ1) is 20.2. The highest BCUT2D eigenvalue weighted by atomic mass is 32.2. The molecule has 0 aliphatic carbocycles. The van der Waals surface area contributed by atoms with E-state index in [-0.39, 0.29) is 23.9 Å². The van der Waals surface area contributed by atoms with Crippen LogP contribution in [0.5, 0.6) is 5.75 Å². The molecule has 7 nitrogen and oxygen atoms in total. The summed E-state index contributed by atoms with van der Waals surface area (Å²) in [4.78, 5) is 24.8. The minimum atomic E-state index is -0.517. The molecule has 0 atom stereocenters. The smallest absolute Gasteiger partial charge is 0.273 e. The van der Waals surface area contributed by atoms with Crippen molar-refractivity contribution in [2.75, 3.05) is 24.3 Å². The summed E-state index contributed by atoms with van der Waals surface area (Å²) in [7, 11) is 1.39. The lowest BCUT2D eigenvalue weighted by Crippen LogP contribution is -2.22. The van der Waals surface area contributed by atoms with Crippen molar-refractivity contribution >= 4 is 34.7 Å². The molecule has 0 saturated carbocycles. The third kappa shape index (κ3) is 5.49. The summed E-state index contributed by atoms with van der Waals surface area (Å²) < 4.78 is 5.14. The van der Waals surface area contributed by atoms with Crippen molar-refractivity contribution in [2.45, 2.75) is 9.79 Å². The van der Waals surface area contributed by atoms with E-state index in [1.54, 1.807) is 11.8 Å². The summed E-state index contributed by atoms with van der Waals surface area (Å²) in [6, 6.07) is 21.7. The van der Waals surface area contributed by atoms with Gasteiger partial charge in [0, 0.05) is 21.5 Å². The Balaban J connectivity index is 1.65. The van der Waals surface area contributed by atoms with Gasteiger partial charge < -0.3 is 15.4 Å². The van der Waals surface area contributed by atoms with Gasteiger partial charge in [0.1, 0.15) is 5.75 Å². The summed E-state index contributed by atoms with van der Waals surface area (Å²) in [6.45, 7) is 0.0342. The van der Waals surface area contributed by atoms with Gasteiger partial charge in [-0.15, -0.1) is 0 Å². The van der Waals surface area contributed by atoms with Gasteiger partial charge in [0.05, 0.1) is 30.3 Å². The Morgan fingerprint density at radius 3 is 2.48 bits per heavy atom. The number of para-hydroxylation sites is 1. The number of carbonyl (C=O) groups is 1. The number of nitrogens with one attached hydrogen (secondary N) is 2. The van der Waals surface area contributed by atoms with E-state index in [1.165, 1.54) is 25.3 Å². The summed E-state index contributed by atoms with van der Waals surface area (Å²) in [6.07, 6.45) is 0. The maximum Gasteiger partial charge on any atom is 0.273 e. The van der Waals surface area contributed by atoms with E-state index in [0.717, 1.165) is 15.5 Å². The largest absolute Gasteiger partial charge is 0.494 e. The SMILES string of the molecule is COc1cc([N+](=O)[O-])ccc1NC(=O)CNc1ccccc1Sc1ccccc1. The third-order valence-corrected chi connectivity index (χ3v) is 5.05. The molecule has 148 valence electrons. The van der Waals surface area contributed by atoms with Gasteiger partial charge in [-0.2, -0.15) is 0 Å². The number of nitro groups is 1. The van der Waals surface area contributed by atoms with E-state index in [2.05, 4.69) is 10.6 Å². The monoisotopic (exact) mass is 409 g/mol. The first-order valence-electron chi connectivity index (χ1n) is 8.75. The number of non-ortho nitro benzene ring substituents is 1. The lowest BCUT2D eigenvalue weighted by atomic mass is 10.2. The molecule has 0 bridgehead atoms. The quantitative estimate of drug-likeness (QED) is 0.410. The number of ether oxygens (including phenoxy) is 1. The lowest BCUT2D eigenvalue weighted by Gasteiger charge is -2.13. The summed E-state index contributed by atoms with van der Waals surface area (Å²) >= 11 is 1.60. The van der Waals surface area contributed by atoms with Crippen molar-refractivity contribution in [1.82, 2.24) is 0 Å². The first-order valence-corrected chi connectivity index (χ1v) is 9.56. The summed E-state index contributed by atoms with van der Waals surface area (Å²) in [5, 5.41) is 16.7. The molecule has 0 fully saturated rings. The molecule has 29 heavy (non-hydrogen) atoms. The van der Waals surface area contributed by atoms with E-state index >= 15 is 0 Å². The van der Waals surface area contributed by atoms with E-state index < -0.39 is 4.92 Å². The van der Waals surface area contributed by atoms with Gasteiger partial charge in [-0.25, -0.2) is 0 Å². The molecule has 0 aromatic heterocycles. The van der Waals surface area contributed by atoms with Crippen LogP contribution in [0.1, 0.15) is 0 Å². The number of carbonyl (C=O) groups excluding carboxylic acids is 1. The average molecular weight is 409 g/mol. The number of nitro benzene ring substituents is 1. The van der Waals surface area contributed by atoms with Crippen LogP contribution in [-0.2, 0) is 4.79 Å². The molecule has 3 aromatic carbocycles. The second kappa shape index (κ2) is 9.61. The second-order valence-corrected chi connectivity index (χ2v) is 7.07. The number of methoxy groups -OCH3 is 1. The topological polar surface area (TPSA) is 93.5 Å². The molecule has 0 radical (unpaired) electrons. The van der Waals surface area contributed by atoms with Crippen LogP contribution in [0.3, 0.4) is 0 Å². The Morgan fingerprint density at radius 2 is 1.76 bits per heavy atom. The molecule has 3 rings (SSSR count). The maximum atomic E-state index is 12.4. The Morgan fingerprint density at radius 1 is 1.03 bits per heavy atom. The fraction of sp³-hybridized carbons (Fsp3) is 0.0952. The van der Waals surface area contributed by atoms with Crippen molar-refractivity contribution in [1.29, 1.82) is 0 Å². The van der Waals surface area contributed by atoms with E-state index in [0.29, 0.717) is 5.69 Å². The number of anilines is 2. The normalized spacial score (nSPS) is 10.2. The molecule has 0 unspecified atom stereocenters. The average Bonchev–Trinajstić information content (AvgIpc) is 2.74. The fourth-order valence-corrected chi connectivity index (χ4v) is 3.53. The van der Waals surface area contributed by atoms with Crippen LogP contribution in [0, 0.1) is 10.1 Å². The van der Waals surface area contributed by atoms with Crippen LogP contribution in [0.4, 0.5) is 17.1 Å². The molecular weight excluding hydrogens is 390 g/mol. The Labute approximate surface area is 172 Å². The highest BCUT2D eigenvalue weighted by Crippen LogP contribution is 2.33. The van der Waals surface area contributed by atoms with Crippen molar-refractivity contribution in [3.05, 3.63) is 82.9 Å². The van der Waals surface area contributed by atoms with E-state index in [4.69, 9.17) is 4.74 Å². The molecule has 8 heteroatoms. The summed E-state index contributed by atoms with van der Waals surface area (Å²) in [5.41, 5.74) is 1.11. The van der Waals surface area contributed by atoms with Crippen LogP contribution in [0.15, 0.2) is 82.6 Å². The van der Waals surface area contributed by atoms with E-state index in [9.17, 15) is 14.9 Å². The first-order chi connectivity index (χ1) is 14.1. The zero-order valence-electron chi connectivity index (χ0n) is 15.6. The van der Waals surface area contributed by atoms with Gasteiger partial charge >= 0.3 is 0 Å². The molecule has 0 spiro atoms. The van der Waals surface area contributed by atoms with Crippen LogP contribution < -0.4 is 15.4 Å². The van der Waals surface area contributed by atoms with Crippen molar-refractivity contribution < 1.29 is 14.5 Å². The molecule has 0 aliphatic heterocycles. The van der Waals surface area contributed by atoms with Gasteiger partial charge in [0.15, 0.2) is 0 Å². The molecule has 2 N–H and O–H groups in total. The predicted octanol–water partition coefficient (Wildman–Crippen LogP) is 4.81. The highest BCUT2D eigenvalue weighted by Gasteiger charge is 2.13. The molecule has 3 aromatic rings. The van der Waals surface area contributed by atoms with Gasteiger partial charge in [-0.1, -0.05) is 42.1 Å². The minimum absolute atomic E-state index is 0.0342. The van der Waals surface area contributed by atoms with Crippen molar-refractivity contribution in [3.8, 4) is 5.75 Å². The number of amides is 1. The molecule has 0 aliphatic rings. The van der Waals surface area contributed by atoms with Gasteiger partial charge in [-0.3, -0.25) is 14.9 Å². The number of nitrogens with zero attached hydrogens (tertiary/aromatic N) is 1. The zero-order valence-corrected chi connectivity index (χ0v) is 16.4. The zero-order chi connectivity index (χ0) is 20.6. The predicted molar refractivity (Wildman–Crippen MR) is 114 cm³/mol. The Bertz CT molecular complexity index is 1010. The lowest BCUT2D eigenvalue weighted by molar-refractivity contribution is -0.384. The molecule has 0 heterocycles. The maximum absolute atomic E-state index is 12.4. The van der Waals surface area contributed by atoms with Crippen LogP contribution >= 0.6 is 11.8 Å². The molecule has 0 saturated heterocycles. The number of benzene rings is 3. The standard InChI is InChI=1S/C21H19N3O4S/c1-28-19-13-15(24(26)27)11-12-17(19)23-21(25)14-22-18-9-5-6-10-20(18)29-16-7-3-2-4-8-16/h2-13,22H,14H2,1H3,(H,23,25). The molecular formula is C21H19N3O4S. The fourth-order valence-electron chi connectivity index (χ4n) is 2.58. The number of rotatable bonds is 8. The van der Waals surface area contributed by atoms with Crippen LogP contribution in [0.25, 0.3) is 0 Å². The molecule has 1 amide bonds. The van der Waals surface area contributed by atoms with Gasteiger partial charge in [0.2, 0.25) is 5.91 Å². The van der Waals surface area contributed by atoms with E-state index in [1.807, 2.05) is 54.6 Å². The number of hydrogen-bond donors (Lipinski definition) is 2. The Kier molecular flexibility index (Phi) is 6.70.